The fourth-order valence-electron chi connectivity index (χ4n) is 1.65. The predicted octanol–water partition coefficient (Wildman–Crippen LogP) is 3.24. The summed E-state index contributed by atoms with van der Waals surface area (Å²) in [5.41, 5.74) is 1.78. The summed E-state index contributed by atoms with van der Waals surface area (Å²) in [6.45, 7) is 0. The van der Waals surface area contributed by atoms with Crippen molar-refractivity contribution in [1.29, 1.82) is 0 Å². The van der Waals surface area contributed by atoms with E-state index in [9.17, 15) is 8.42 Å². The van der Waals surface area contributed by atoms with Gasteiger partial charge >= 0.3 is 10.4 Å². The molecule has 0 bridgehead atoms. The van der Waals surface area contributed by atoms with Crippen molar-refractivity contribution in [3.05, 3.63) is 71.8 Å². The van der Waals surface area contributed by atoms with Crippen LogP contribution in [0.1, 0.15) is 16.4 Å². The Morgan fingerprint density at radius 2 is 1.32 bits per heavy atom. The van der Waals surface area contributed by atoms with Crippen LogP contribution in [-0.2, 0) is 14.0 Å². The van der Waals surface area contributed by atoms with Gasteiger partial charge in [-0.3, -0.25) is 4.55 Å². The summed E-state index contributed by atoms with van der Waals surface area (Å²) in [6, 6.07) is 18.7. The molecule has 2 rings (SSSR count). The fourth-order valence-corrected chi connectivity index (χ4v) is 2.90. The Morgan fingerprint density at radius 3 is 1.68 bits per heavy atom. The zero-order chi connectivity index (χ0) is 13.7. The van der Waals surface area contributed by atoms with Crippen molar-refractivity contribution < 1.29 is 16.6 Å². The number of hydrogen-bond acceptors (Lipinski definition) is 4. The van der Waals surface area contributed by atoms with Gasteiger partial charge in [-0.05, 0) is 11.1 Å². The maximum atomic E-state index is 10.7. The van der Waals surface area contributed by atoms with Crippen LogP contribution in [0.4, 0.5) is 0 Å². The second kappa shape index (κ2) is 6.21. The highest BCUT2D eigenvalue weighted by molar-refractivity contribution is 8.03. The molecule has 19 heavy (non-hydrogen) atoms. The summed E-state index contributed by atoms with van der Waals surface area (Å²) in [5, 5.41) is -0.329. The quantitative estimate of drug-likeness (QED) is 0.678. The van der Waals surface area contributed by atoms with Gasteiger partial charge in [0.1, 0.15) is 0 Å². The Labute approximate surface area is 116 Å². The third-order valence-electron chi connectivity index (χ3n) is 2.43. The van der Waals surface area contributed by atoms with Crippen molar-refractivity contribution in [2.24, 2.45) is 0 Å². The molecular weight excluding hydrogens is 284 g/mol. The fraction of sp³-hybridized carbons (Fsp3) is 0.0769. The van der Waals surface area contributed by atoms with Crippen LogP contribution < -0.4 is 0 Å². The smallest absolute Gasteiger partial charge is 0.263 e. The molecule has 0 radical (unpaired) electrons. The van der Waals surface area contributed by atoms with E-state index < -0.39 is 10.4 Å². The third kappa shape index (κ3) is 4.36. The molecule has 0 saturated carbocycles. The first-order valence-electron chi connectivity index (χ1n) is 5.48. The molecule has 0 unspecified atom stereocenters. The average Bonchev–Trinajstić information content (AvgIpc) is 2.40. The Kier molecular flexibility index (Phi) is 4.60. The van der Waals surface area contributed by atoms with Gasteiger partial charge in [-0.15, -0.1) is 0 Å². The van der Waals surface area contributed by atoms with Gasteiger partial charge in [0, 0.05) is 12.0 Å². The van der Waals surface area contributed by atoms with Gasteiger partial charge in [0.15, 0.2) is 0 Å². The van der Waals surface area contributed by atoms with E-state index in [1.807, 2.05) is 60.7 Å². The molecule has 0 saturated heterocycles. The molecule has 0 aliphatic carbocycles. The highest BCUT2D eigenvalue weighted by Gasteiger charge is 2.18. The number of benzene rings is 2. The zero-order valence-electron chi connectivity index (χ0n) is 9.84. The first-order valence-corrected chi connectivity index (χ1v) is 7.65. The van der Waals surface area contributed by atoms with Crippen molar-refractivity contribution in [2.75, 3.05) is 0 Å². The predicted molar refractivity (Wildman–Crippen MR) is 75.0 cm³/mol. The molecule has 0 spiro atoms. The Bertz CT molecular complexity index is 572. The van der Waals surface area contributed by atoms with Crippen LogP contribution in [0.3, 0.4) is 0 Å². The van der Waals surface area contributed by atoms with E-state index in [-0.39, 0.29) is 5.25 Å². The highest BCUT2D eigenvalue weighted by Crippen LogP contribution is 2.36. The average molecular weight is 296 g/mol. The van der Waals surface area contributed by atoms with Gasteiger partial charge in [0.05, 0.1) is 5.25 Å². The monoisotopic (exact) mass is 296 g/mol. The Morgan fingerprint density at radius 1 is 0.895 bits per heavy atom. The first kappa shape index (κ1) is 14.1. The summed E-state index contributed by atoms with van der Waals surface area (Å²) in [6.07, 6.45) is 0. The van der Waals surface area contributed by atoms with Crippen LogP contribution in [0.2, 0.25) is 0 Å². The van der Waals surface area contributed by atoms with Crippen molar-refractivity contribution in [3.63, 3.8) is 0 Å². The normalized spacial score (nSPS) is 11.7. The van der Waals surface area contributed by atoms with E-state index in [0.717, 1.165) is 11.1 Å². The minimum absolute atomic E-state index is 0.329. The second-order valence-electron chi connectivity index (χ2n) is 3.79. The molecule has 4 nitrogen and oxygen atoms in total. The minimum Gasteiger partial charge on any atom is -0.263 e. The Hall–Kier alpha value is -1.34. The lowest BCUT2D eigenvalue weighted by molar-refractivity contribution is 0.407. The molecule has 2 aromatic carbocycles. The van der Waals surface area contributed by atoms with Crippen LogP contribution in [0, 0.1) is 0 Å². The van der Waals surface area contributed by atoms with E-state index in [4.69, 9.17) is 4.55 Å². The molecule has 0 aliphatic rings. The SMILES string of the molecule is O=S(=O)(O)OSC(c1ccccc1)c1ccccc1. The van der Waals surface area contributed by atoms with E-state index in [1.165, 1.54) is 0 Å². The standard InChI is InChI=1S/C13H12O4S2/c14-19(15,16)17-18-13(11-7-3-1-4-8-11)12-9-5-2-6-10-12/h1-10,13H,(H,14,15,16). The summed E-state index contributed by atoms with van der Waals surface area (Å²) in [4.78, 5) is 0. The van der Waals surface area contributed by atoms with E-state index in [2.05, 4.69) is 3.63 Å². The molecule has 1 N–H and O–H groups in total. The molecule has 6 heteroatoms. The van der Waals surface area contributed by atoms with Gasteiger partial charge in [-0.25, -0.2) is 0 Å². The molecule has 0 amide bonds. The molecule has 100 valence electrons. The van der Waals surface area contributed by atoms with Crippen molar-refractivity contribution in [1.82, 2.24) is 0 Å². The van der Waals surface area contributed by atoms with Gasteiger partial charge in [-0.1, -0.05) is 60.7 Å². The summed E-state index contributed by atoms with van der Waals surface area (Å²) >= 11 is 0.697. The summed E-state index contributed by atoms with van der Waals surface area (Å²) in [7, 11) is -4.47. The van der Waals surface area contributed by atoms with E-state index in [1.54, 1.807) is 0 Å². The van der Waals surface area contributed by atoms with Crippen LogP contribution in [0.25, 0.3) is 0 Å². The molecule has 0 heterocycles. The van der Waals surface area contributed by atoms with Gasteiger partial charge in [0.2, 0.25) is 0 Å². The summed E-state index contributed by atoms with van der Waals surface area (Å²) < 4.78 is 34.6. The molecule has 0 fully saturated rings. The minimum atomic E-state index is -4.47. The molecule has 2 aromatic rings. The van der Waals surface area contributed by atoms with Gasteiger partial charge in [0.25, 0.3) is 0 Å². The van der Waals surface area contributed by atoms with Crippen molar-refractivity contribution in [3.8, 4) is 0 Å². The largest absolute Gasteiger partial charge is 0.408 e. The number of rotatable bonds is 5. The van der Waals surface area contributed by atoms with E-state index in [0.29, 0.717) is 12.0 Å². The van der Waals surface area contributed by atoms with E-state index >= 15 is 0 Å². The van der Waals surface area contributed by atoms with Gasteiger partial charge in [-0.2, -0.15) is 12.0 Å². The molecule has 0 aliphatic heterocycles. The van der Waals surface area contributed by atoms with Crippen molar-refractivity contribution in [2.45, 2.75) is 5.25 Å². The molecule has 0 aromatic heterocycles. The number of hydrogen-bond donors (Lipinski definition) is 1. The maximum Gasteiger partial charge on any atom is 0.408 e. The van der Waals surface area contributed by atoms with Crippen molar-refractivity contribution >= 4 is 22.4 Å². The first-order chi connectivity index (χ1) is 9.06. The lowest BCUT2D eigenvalue weighted by Crippen LogP contribution is -2.02. The zero-order valence-corrected chi connectivity index (χ0v) is 11.5. The summed E-state index contributed by atoms with van der Waals surface area (Å²) in [5.74, 6) is 0. The second-order valence-corrected chi connectivity index (χ2v) is 5.86. The van der Waals surface area contributed by atoms with Gasteiger partial charge < -0.3 is 0 Å². The van der Waals surface area contributed by atoms with Crippen LogP contribution in [-0.4, -0.2) is 13.0 Å². The maximum absolute atomic E-state index is 10.7. The topological polar surface area (TPSA) is 63.6 Å². The third-order valence-corrected chi connectivity index (χ3v) is 4.17. The molecule has 0 atom stereocenters. The lowest BCUT2D eigenvalue weighted by Gasteiger charge is -2.15. The highest BCUT2D eigenvalue weighted by atomic mass is 32.3. The molecular formula is C13H12O4S2. The van der Waals surface area contributed by atoms with Crippen LogP contribution in [0.5, 0.6) is 0 Å². The lowest BCUT2D eigenvalue weighted by atomic mass is 10.0. The Balaban J connectivity index is 2.29. The van der Waals surface area contributed by atoms with Crippen LogP contribution >= 0.6 is 12.0 Å². The van der Waals surface area contributed by atoms with Crippen LogP contribution in [0.15, 0.2) is 60.7 Å².